The number of rotatable bonds is 8. The Bertz CT molecular complexity index is 632. The number of aryl methyl sites for hydroxylation is 1. The van der Waals surface area contributed by atoms with E-state index in [-0.39, 0.29) is 0 Å². The topological polar surface area (TPSA) is 82.2 Å². The van der Waals surface area contributed by atoms with Crippen LogP contribution in [0.1, 0.15) is 16.7 Å². The van der Waals surface area contributed by atoms with Gasteiger partial charge in [-0.1, -0.05) is 0 Å². The lowest BCUT2D eigenvalue weighted by molar-refractivity contribution is 0.211. The van der Waals surface area contributed by atoms with Gasteiger partial charge in [0.25, 0.3) is 0 Å². The summed E-state index contributed by atoms with van der Waals surface area (Å²) in [5.74, 6) is 1.19. The first kappa shape index (κ1) is 17.7. The number of hydrogen-bond acceptors (Lipinski definition) is 5. The average molecular weight is 337 g/mol. The van der Waals surface area contributed by atoms with Crippen LogP contribution in [0.15, 0.2) is 23.6 Å². The van der Waals surface area contributed by atoms with Gasteiger partial charge in [0.1, 0.15) is 11.5 Å². The molecule has 1 atom stereocenters. The Morgan fingerprint density at radius 3 is 2.74 bits per heavy atom. The molecule has 6 nitrogen and oxygen atoms in total. The van der Waals surface area contributed by atoms with Crippen LogP contribution in [0, 0.1) is 13.8 Å². The van der Waals surface area contributed by atoms with Gasteiger partial charge < -0.3 is 24.3 Å². The summed E-state index contributed by atoms with van der Waals surface area (Å²) in [6.07, 6.45) is 3.28. The second-order valence-electron chi connectivity index (χ2n) is 5.18. The standard InChI is InChI=1S/C16H23N3O3S/c1-11-9-14(17-7-8-21-3)13(12(2)15(11)22-4)10-23(20)16-18-5-6-19-16/h5-6,9,17H,7-8,10H2,1-4H3,(H,18,19). The van der Waals surface area contributed by atoms with E-state index in [9.17, 15) is 4.55 Å². The highest BCUT2D eigenvalue weighted by Crippen LogP contribution is 2.34. The van der Waals surface area contributed by atoms with E-state index < -0.39 is 11.2 Å². The summed E-state index contributed by atoms with van der Waals surface area (Å²) in [5, 5.41) is 3.83. The SMILES string of the molecule is COCCNc1cc(C)c(OC)c(C)c1C[S+]([O-])c1ncc[nH]1. The van der Waals surface area contributed by atoms with Crippen molar-refractivity contribution in [3.05, 3.63) is 35.2 Å². The van der Waals surface area contributed by atoms with E-state index in [1.54, 1.807) is 26.6 Å². The van der Waals surface area contributed by atoms with Crippen molar-refractivity contribution < 1.29 is 14.0 Å². The second-order valence-corrected chi connectivity index (χ2v) is 6.55. The molecule has 2 N–H and O–H groups in total. The van der Waals surface area contributed by atoms with Crippen LogP contribution in [0.3, 0.4) is 0 Å². The van der Waals surface area contributed by atoms with Crippen LogP contribution in [0.5, 0.6) is 5.75 Å². The van der Waals surface area contributed by atoms with E-state index in [1.165, 1.54) is 0 Å². The predicted molar refractivity (Wildman–Crippen MR) is 91.5 cm³/mol. The fourth-order valence-electron chi connectivity index (χ4n) is 2.52. The van der Waals surface area contributed by atoms with Crippen LogP contribution in [0.2, 0.25) is 0 Å². The van der Waals surface area contributed by atoms with E-state index >= 15 is 0 Å². The van der Waals surface area contributed by atoms with Crippen molar-refractivity contribution in [3.8, 4) is 5.75 Å². The maximum Gasteiger partial charge on any atom is 0.320 e. The van der Waals surface area contributed by atoms with Crippen LogP contribution >= 0.6 is 0 Å². The Kier molecular flexibility index (Phi) is 6.32. The highest BCUT2D eigenvalue weighted by atomic mass is 32.2. The third-order valence-corrected chi connectivity index (χ3v) is 4.83. The maximum atomic E-state index is 12.5. The Labute approximate surface area is 139 Å². The molecule has 0 aliphatic carbocycles. The van der Waals surface area contributed by atoms with E-state index in [1.807, 2.05) is 19.9 Å². The molecule has 0 saturated heterocycles. The van der Waals surface area contributed by atoms with Gasteiger partial charge >= 0.3 is 5.16 Å². The number of H-pyrrole nitrogens is 1. The monoisotopic (exact) mass is 337 g/mol. The van der Waals surface area contributed by atoms with Gasteiger partial charge in [-0.2, -0.15) is 4.98 Å². The van der Waals surface area contributed by atoms with Gasteiger partial charge in [0, 0.05) is 54.0 Å². The maximum absolute atomic E-state index is 12.5. The molecule has 0 saturated carbocycles. The number of aromatic amines is 1. The predicted octanol–water partition coefficient (Wildman–Crippen LogP) is 2.40. The minimum atomic E-state index is -1.24. The molecule has 0 spiro atoms. The Morgan fingerprint density at radius 1 is 1.35 bits per heavy atom. The summed E-state index contributed by atoms with van der Waals surface area (Å²) in [6, 6.07) is 2.02. The van der Waals surface area contributed by atoms with E-state index in [0.29, 0.717) is 24.1 Å². The molecule has 1 heterocycles. The van der Waals surface area contributed by atoms with E-state index in [0.717, 1.165) is 28.1 Å². The molecule has 1 unspecified atom stereocenters. The molecule has 1 aromatic carbocycles. The summed E-state index contributed by atoms with van der Waals surface area (Å²) in [5.41, 5.74) is 3.96. The lowest BCUT2D eigenvalue weighted by Gasteiger charge is -2.19. The highest BCUT2D eigenvalue weighted by Gasteiger charge is 2.21. The molecule has 0 radical (unpaired) electrons. The van der Waals surface area contributed by atoms with Crippen LogP contribution in [0.4, 0.5) is 5.69 Å². The van der Waals surface area contributed by atoms with Gasteiger partial charge in [-0.05, 0) is 25.5 Å². The highest BCUT2D eigenvalue weighted by molar-refractivity contribution is 7.90. The zero-order valence-corrected chi connectivity index (χ0v) is 14.8. The quantitative estimate of drug-likeness (QED) is 0.571. The summed E-state index contributed by atoms with van der Waals surface area (Å²) >= 11 is -1.24. The van der Waals surface area contributed by atoms with Crippen molar-refractivity contribution in [2.24, 2.45) is 0 Å². The number of methoxy groups -OCH3 is 2. The molecule has 126 valence electrons. The number of imidazole rings is 1. The number of ether oxygens (including phenoxy) is 2. The van der Waals surface area contributed by atoms with Gasteiger partial charge in [-0.15, -0.1) is 0 Å². The van der Waals surface area contributed by atoms with Crippen molar-refractivity contribution >= 4 is 16.9 Å². The molecular weight excluding hydrogens is 314 g/mol. The van der Waals surface area contributed by atoms with Crippen molar-refractivity contribution in [2.75, 3.05) is 32.7 Å². The molecule has 2 aromatic rings. The summed E-state index contributed by atoms with van der Waals surface area (Å²) in [7, 11) is 3.32. The van der Waals surface area contributed by atoms with Crippen LogP contribution < -0.4 is 10.1 Å². The van der Waals surface area contributed by atoms with Gasteiger partial charge in [0.15, 0.2) is 0 Å². The van der Waals surface area contributed by atoms with Crippen molar-refractivity contribution in [1.29, 1.82) is 0 Å². The third-order valence-electron chi connectivity index (χ3n) is 3.63. The number of anilines is 1. The van der Waals surface area contributed by atoms with Crippen molar-refractivity contribution in [3.63, 3.8) is 0 Å². The van der Waals surface area contributed by atoms with Gasteiger partial charge in [-0.3, -0.25) is 0 Å². The zero-order valence-electron chi connectivity index (χ0n) is 13.9. The average Bonchev–Trinajstić information content (AvgIpc) is 3.06. The molecule has 0 fully saturated rings. The van der Waals surface area contributed by atoms with Crippen LogP contribution in [-0.4, -0.2) is 41.9 Å². The van der Waals surface area contributed by atoms with Gasteiger partial charge in [0.2, 0.25) is 0 Å². The smallest absolute Gasteiger partial charge is 0.320 e. The molecule has 2 rings (SSSR count). The van der Waals surface area contributed by atoms with Crippen LogP contribution in [-0.2, 0) is 21.7 Å². The number of nitrogens with zero attached hydrogens (tertiary/aromatic N) is 1. The summed E-state index contributed by atoms with van der Waals surface area (Å²) in [4.78, 5) is 6.99. The Balaban J connectivity index is 2.33. The molecule has 1 aromatic heterocycles. The number of aromatic nitrogens is 2. The first-order chi connectivity index (χ1) is 11.1. The largest absolute Gasteiger partial charge is 0.609 e. The summed E-state index contributed by atoms with van der Waals surface area (Å²) < 4.78 is 23.1. The van der Waals surface area contributed by atoms with Crippen molar-refractivity contribution in [1.82, 2.24) is 9.97 Å². The zero-order chi connectivity index (χ0) is 16.8. The number of nitrogens with one attached hydrogen (secondary N) is 2. The fourth-order valence-corrected chi connectivity index (χ4v) is 3.67. The van der Waals surface area contributed by atoms with E-state index in [2.05, 4.69) is 15.3 Å². The second kappa shape index (κ2) is 8.24. The fraction of sp³-hybridized carbons (Fsp3) is 0.438. The first-order valence-corrected chi connectivity index (χ1v) is 8.68. The Hall–Kier alpha value is -1.70. The molecule has 0 bridgehead atoms. The normalized spacial score (nSPS) is 12.2. The van der Waals surface area contributed by atoms with Crippen LogP contribution in [0.25, 0.3) is 0 Å². The lowest BCUT2D eigenvalue weighted by atomic mass is 10.0. The number of benzene rings is 1. The lowest BCUT2D eigenvalue weighted by Crippen LogP contribution is -2.14. The molecule has 0 aliphatic rings. The third kappa shape index (κ3) is 4.19. The molecule has 23 heavy (non-hydrogen) atoms. The summed E-state index contributed by atoms with van der Waals surface area (Å²) in [6.45, 7) is 5.27. The van der Waals surface area contributed by atoms with Crippen molar-refractivity contribution in [2.45, 2.75) is 24.8 Å². The number of hydrogen-bond donors (Lipinski definition) is 2. The molecular formula is C16H23N3O3S. The van der Waals surface area contributed by atoms with E-state index in [4.69, 9.17) is 9.47 Å². The molecule has 0 amide bonds. The minimum Gasteiger partial charge on any atom is -0.609 e. The molecule has 7 heteroatoms. The van der Waals surface area contributed by atoms with Gasteiger partial charge in [0.05, 0.1) is 13.7 Å². The molecule has 0 aliphatic heterocycles. The minimum absolute atomic E-state index is 0.366. The van der Waals surface area contributed by atoms with Gasteiger partial charge in [-0.25, -0.2) is 0 Å². The first-order valence-electron chi connectivity index (χ1n) is 7.36. The Morgan fingerprint density at radius 2 is 2.13 bits per heavy atom.